The maximum absolute atomic E-state index is 6.04. The average molecular weight is 210 g/mol. The first kappa shape index (κ1) is 10.1. The number of hydrogen-bond donors (Lipinski definition) is 1. The molecule has 0 spiro atoms. The molecule has 15 heavy (non-hydrogen) atoms. The molecular formula is C12H22N2O. The van der Waals surface area contributed by atoms with Gasteiger partial charge in [-0.2, -0.15) is 0 Å². The van der Waals surface area contributed by atoms with Gasteiger partial charge in [-0.05, 0) is 45.2 Å². The summed E-state index contributed by atoms with van der Waals surface area (Å²) in [4.78, 5) is 2.64. The van der Waals surface area contributed by atoms with Gasteiger partial charge in [-0.3, -0.25) is 4.90 Å². The number of rotatable bonds is 3. The molecule has 3 heteroatoms. The van der Waals surface area contributed by atoms with E-state index in [4.69, 9.17) is 4.74 Å². The van der Waals surface area contributed by atoms with E-state index in [0.29, 0.717) is 12.1 Å². The van der Waals surface area contributed by atoms with Gasteiger partial charge in [0.1, 0.15) is 0 Å². The molecular weight excluding hydrogens is 188 g/mol. The Kier molecular flexibility index (Phi) is 2.71. The average Bonchev–Trinajstić information content (AvgIpc) is 2.97. The molecule has 3 fully saturated rings. The second-order valence-electron chi connectivity index (χ2n) is 5.31. The molecule has 0 amide bonds. The third-order valence-electron chi connectivity index (χ3n) is 4.28. The number of nitrogens with zero attached hydrogens (tertiary/aromatic N) is 1. The summed E-state index contributed by atoms with van der Waals surface area (Å²) >= 11 is 0. The lowest BCUT2D eigenvalue weighted by atomic mass is 10.0. The highest BCUT2D eigenvalue weighted by atomic mass is 16.5. The molecule has 2 heterocycles. The molecule has 1 saturated carbocycles. The maximum Gasteiger partial charge on any atom is 0.0858 e. The fraction of sp³-hybridized carbons (Fsp3) is 1.00. The van der Waals surface area contributed by atoms with Gasteiger partial charge < -0.3 is 10.1 Å². The predicted molar refractivity (Wildman–Crippen MR) is 59.9 cm³/mol. The van der Waals surface area contributed by atoms with Crippen LogP contribution in [0.15, 0.2) is 0 Å². The van der Waals surface area contributed by atoms with E-state index in [-0.39, 0.29) is 0 Å². The number of morpholine rings is 1. The van der Waals surface area contributed by atoms with Crippen LogP contribution >= 0.6 is 0 Å². The van der Waals surface area contributed by atoms with Gasteiger partial charge in [-0.1, -0.05) is 0 Å². The molecule has 3 aliphatic rings. The Morgan fingerprint density at radius 3 is 2.93 bits per heavy atom. The zero-order valence-corrected chi connectivity index (χ0v) is 9.61. The van der Waals surface area contributed by atoms with Crippen molar-refractivity contribution in [3.8, 4) is 0 Å². The summed E-state index contributed by atoms with van der Waals surface area (Å²) in [5.41, 5.74) is 0. The van der Waals surface area contributed by atoms with Gasteiger partial charge in [-0.15, -0.1) is 0 Å². The van der Waals surface area contributed by atoms with Crippen molar-refractivity contribution in [1.82, 2.24) is 10.2 Å². The normalized spacial score (nSPS) is 39.0. The molecule has 3 nitrogen and oxygen atoms in total. The molecule has 0 aromatic rings. The van der Waals surface area contributed by atoms with Crippen molar-refractivity contribution in [3.05, 3.63) is 0 Å². The van der Waals surface area contributed by atoms with Crippen LogP contribution < -0.4 is 5.32 Å². The van der Waals surface area contributed by atoms with Crippen molar-refractivity contribution in [2.45, 2.75) is 43.9 Å². The summed E-state index contributed by atoms with van der Waals surface area (Å²) in [5.74, 6) is 0.888. The van der Waals surface area contributed by atoms with Crippen LogP contribution in [0.1, 0.15) is 25.7 Å². The maximum atomic E-state index is 6.04. The second kappa shape index (κ2) is 4.04. The highest BCUT2D eigenvalue weighted by molar-refractivity contribution is 4.96. The third-order valence-corrected chi connectivity index (χ3v) is 4.28. The second-order valence-corrected chi connectivity index (χ2v) is 5.31. The van der Waals surface area contributed by atoms with Gasteiger partial charge >= 0.3 is 0 Å². The highest BCUT2D eigenvalue weighted by Gasteiger charge is 2.41. The van der Waals surface area contributed by atoms with Crippen molar-refractivity contribution in [2.24, 2.45) is 5.92 Å². The number of likely N-dealkylation sites (N-methyl/N-ethyl adjacent to an activating group) is 1. The van der Waals surface area contributed by atoms with Crippen LogP contribution in [0.25, 0.3) is 0 Å². The molecule has 3 atom stereocenters. The zero-order chi connectivity index (χ0) is 10.3. The Morgan fingerprint density at radius 1 is 1.33 bits per heavy atom. The summed E-state index contributed by atoms with van der Waals surface area (Å²) < 4.78 is 6.04. The number of ether oxygens (including phenoxy) is 1. The molecule has 86 valence electrons. The molecule has 2 aliphatic heterocycles. The number of nitrogens with one attached hydrogen (secondary N) is 1. The van der Waals surface area contributed by atoms with Gasteiger partial charge in [0.25, 0.3) is 0 Å². The van der Waals surface area contributed by atoms with E-state index < -0.39 is 0 Å². The van der Waals surface area contributed by atoms with Crippen molar-refractivity contribution in [1.29, 1.82) is 0 Å². The highest BCUT2D eigenvalue weighted by Crippen LogP contribution is 2.36. The van der Waals surface area contributed by atoms with Crippen molar-refractivity contribution in [3.63, 3.8) is 0 Å². The molecule has 1 aliphatic carbocycles. The van der Waals surface area contributed by atoms with E-state index in [1.165, 1.54) is 32.2 Å². The van der Waals surface area contributed by atoms with E-state index in [1.54, 1.807) is 0 Å². The molecule has 3 unspecified atom stereocenters. The third kappa shape index (κ3) is 1.93. The van der Waals surface area contributed by atoms with E-state index in [1.807, 2.05) is 0 Å². The van der Waals surface area contributed by atoms with Crippen molar-refractivity contribution in [2.75, 3.05) is 26.7 Å². The minimum absolute atomic E-state index is 0.442. The smallest absolute Gasteiger partial charge is 0.0858 e. The van der Waals surface area contributed by atoms with Crippen LogP contribution in [0.2, 0.25) is 0 Å². The zero-order valence-electron chi connectivity index (χ0n) is 9.61. The first-order valence-electron chi connectivity index (χ1n) is 6.41. The minimum Gasteiger partial charge on any atom is -0.374 e. The fourth-order valence-electron chi connectivity index (χ4n) is 3.24. The topological polar surface area (TPSA) is 24.5 Å². The van der Waals surface area contributed by atoms with Crippen LogP contribution in [0.5, 0.6) is 0 Å². The summed E-state index contributed by atoms with van der Waals surface area (Å²) in [7, 11) is 2.09. The molecule has 2 saturated heterocycles. The standard InChI is InChI=1S/C12H22N2O/c1-13-12(9-4-5-9)11-7-14-6-2-3-10(14)8-15-11/h9-13H,2-8H2,1H3. The summed E-state index contributed by atoms with van der Waals surface area (Å²) in [5, 5.41) is 3.46. The largest absolute Gasteiger partial charge is 0.374 e. The first-order chi connectivity index (χ1) is 7.38. The predicted octanol–water partition coefficient (Wildman–Crippen LogP) is 0.848. The van der Waals surface area contributed by atoms with Crippen LogP contribution in [0.3, 0.4) is 0 Å². The number of hydrogen-bond acceptors (Lipinski definition) is 3. The molecule has 0 bridgehead atoms. The Morgan fingerprint density at radius 2 is 2.20 bits per heavy atom. The van der Waals surface area contributed by atoms with E-state index in [2.05, 4.69) is 17.3 Å². The Hall–Kier alpha value is -0.120. The molecule has 0 radical (unpaired) electrons. The summed E-state index contributed by atoms with van der Waals surface area (Å²) in [6, 6.07) is 1.34. The van der Waals surface area contributed by atoms with E-state index in [0.717, 1.165) is 25.1 Å². The van der Waals surface area contributed by atoms with Crippen LogP contribution in [-0.4, -0.2) is 49.8 Å². The lowest BCUT2D eigenvalue weighted by molar-refractivity contribution is -0.0667. The fourth-order valence-corrected chi connectivity index (χ4v) is 3.24. The molecule has 1 N–H and O–H groups in total. The minimum atomic E-state index is 0.442. The van der Waals surface area contributed by atoms with Gasteiger partial charge in [0, 0.05) is 18.6 Å². The quantitative estimate of drug-likeness (QED) is 0.747. The monoisotopic (exact) mass is 210 g/mol. The summed E-state index contributed by atoms with van der Waals surface area (Å²) in [6.45, 7) is 3.42. The van der Waals surface area contributed by atoms with Crippen molar-refractivity contribution < 1.29 is 4.74 Å². The first-order valence-corrected chi connectivity index (χ1v) is 6.41. The lowest BCUT2D eigenvalue weighted by Gasteiger charge is -2.39. The van der Waals surface area contributed by atoms with Gasteiger partial charge in [0.05, 0.1) is 12.7 Å². The SMILES string of the molecule is CNC(C1CC1)C1CN2CCCC2CO1. The number of fused-ring (bicyclic) bond motifs is 1. The van der Waals surface area contributed by atoms with E-state index in [9.17, 15) is 0 Å². The van der Waals surface area contributed by atoms with Crippen LogP contribution in [-0.2, 0) is 4.74 Å². The van der Waals surface area contributed by atoms with Gasteiger partial charge in [0.2, 0.25) is 0 Å². The van der Waals surface area contributed by atoms with Gasteiger partial charge in [-0.25, -0.2) is 0 Å². The van der Waals surface area contributed by atoms with Crippen LogP contribution in [0, 0.1) is 5.92 Å². The Bertz CT molecular complexity index is 230. The van der Waals surface area contributed by atoms with Crippen molar-refractivity contribution >= 4 is 0 Å². The molecule has 3 rings (SSSR count). The molecule has 0 aromatic carbocycles. The Balaban J connectivity index is 1.61. The lowest BCUT2D eigenvalue weighted by Crippen LogP contribution is -2.54. The van der Waals surface area contributed by atoms with Crippen LogP contribution in [0.4, 0.5) is 0 Å². The van der Waals surface area contributed by atoms with Gasteiger partial charge in [0.15, 0.2) is 0 Å². The summed E-state index contributed by atoms with van der Waals surface area (Å²) in [6.07, 6.45) is 5.95. The molecule has 0 aromatic heterocycles. The van der Waals surface area contributed by atoms with E-state index >= 15 is 0 Å². The Labute approximate surface area is 92.2 Å².